The summed E-state index contributed by atoms with van der Waals surface area (Å²) in [6.07, 6.45) is 19.7. The third kappa shape index (κ3) is 1.87. The molecule has 8 atom stereocenters. The Hall–Kier alpha value is -0.520. The highest BCUT2D eigenvalue weighted by Crippen LogP contribution is 2.70. The van der Waals surface area contributed by atoms with Crippen molar-refractivity contribution >= 4 is 0 Å². The van der Waals surface area contributed by atoms with Crippen molar-refractivity contribution in [3.8, 4) is 0 Å². The van der Waals surface area contributed by atoms with Gasteiger partial charge in [-0.25, -0.2) is 0 Å². The first kappa shape index (κ1) is 15.7. The Bertz CT molecular complexity index is 571. The fourth-order valence-corrected chi connectivity index (χ4v) is 8.78. The zero-order valence-corrected chi connectivity index (χ0v) is 15.9. The lowest BCUT2D eigenvalue weighted by atomic mass is 9.43. The molecule has 4 fully saturated rings. The average Bonchev–Trinajstić information content (AvgIpc) is 2.97. The molecule has 5 rings (SSSR count). The molecule has 4 saturated carbocycles. The summed E-state index contributed by atoms with van der Waals surface area (Å²) in [4.78, 5) is 0. The van der Waals surface area contributed by atoms with E-state index in [0.29, 0.717) is 10.8 Å². The molecule has 0 radical (unpaired) electrons. The lowest BCUT2D eigenvalue weighted by molar-refractivity contribution is -0.112. The van der Waals surface area contributed by atoms with Crippen molar-refractivity contribution < 1.29 is 0 Å². The molecule has 7 unspecified atom stereocenters. The molecular formula is C24H36. The second-order valence-corrected chi connectivity index (χ2v) is 10.6. The predicted molar refractivity (Wildman–Crippen MR) is 102 cm³/mol. The van der Waals surface area contributed by atoms with Gasteiger partial charge in [-0.1, -0.05) is 39.0 Å². The highest BCUT2D eigenvalue weighted by Gasteiger charge is 2.62. The quantitative estimate of drug-likeness (QED) is 0.461. The maximum absolute atomic E-state index is 4.59. The van der Waals surface area contributed by atoms with Crippen molar-refractivity contribution in [3.05, 3.63) is 24.3 Å². The van der Waals surface area contributed by atoms with E-state index >= 15 is 0 Å². The summed E-state index contributed by atoms with van der Waals surface area (Å²) in [5.74, 6) is 5.95. The van der Waals surface area contributed by atoms with Crippen LogP contribution >= 0.6 is 0 Å². The summed E-state index contributed by atoms with van der Waals surface area (Å²) in [5.41, 5.74) is 2.70. The topological polar surface area (TPSA) is 0 Å². The van der Waals surface area contributed by atoms with Crippen LogP contribution in [-0.2, 0) is 0 Å². The number of rotatable bonds is 0. The lowest BCUT2D eigenvalue weighted by Gasteiger charge is -2.62. The van der Waals surface area contributed by atoms with E-state index in [9.17, 15) is 0 Å². The van der Waals surface area contributed by atoms with E-state index < -0.39 is 0 Å². The van der Waals surface area contributed by atoms with Gasteiger partial charge in [0.2, 0.25) is 0 Å². The van der Waals surface area contributed by atoms with Gasteiger partial charge < -0.3 is 0 Å². The molecule has 0 N–H and O–H groups in total. The van der Waals surface area contributed by atoms with E-state index in [1.54, 1.807) is 0 Å². The maximum atomic E-state index is 4.59. The van der Waals surface area contributed by atoms with Crippen LogP contribution in [-0.4, -0.2) is 0 Å². The molecule has 5 aliphatic rings. The van der Waals surface area contributed by atoms with Crippen LogP contribution in [0, 0.1) is 46.3 Å². The summed E-state index contributed by atoms with van der Waals surface area (Å²) in [6, 6.07) is 0. The molecule has 0 heterocycles. The Morgan fingerprint density at radius 1 is 0.958 bits per heavy atom. The zero-order valence-electron chi connectivity index (χ0n) is 15.9. The number of hydrogen-bond acceptors (Lipinski definition) is 0. The summed E-state index contributed by atoms with van der Waals surface area (Å²) >= 11 is 0. The Morgan fingerprint density at radius 3 is 2.67 bits per heavy atom. The molecular weight excluding hydrogens is 288 g/mol. The fraction of sp³-hybridized carbons (Fsp3) is 0.833. The van der Waals surface area contributed by atoms with Crippen molar-refractivity contribution in [2.24, 2.45) is 46.3 Å². The van der Waals surface area contributed by atoms with Crippen molar-refractivity contribution in [2.75, 3.05) is 0 Å². The third-order valence-corrected chi connectivity index (χ3v) is 9.95. The van der Waals surface area contributed by atoms with Crippen LogP contribution in [0.15, 0.2) is 24.3 Å². The molecule has 0 heteroatoms. The second kappa shape index (κ2) is 5.24. The molecule has 0 aromatic rings. The third-order valence-electron chi connectivity index (χ3n) is 9.95. The van der Waals surface area contributed by atoms with Crippen LogP contribution in [0.4, 0.5) is 0 Å². The zero-order chi connectivity index (χ0) is 16.5. The van der Waals surface area contributed by atoms with E-state index in [1.165, 1.54) is 69.8 Å². The minimum Gasteiger partial charge on any atom is -0.0953 e. The lowest BCUT2D eigenvalue weighted by Crippen LogP contribution is -2.54. The monoisotopic (exact) mass is 324 g/mol. The van der Waals surface area contributed by atoms with Gasteiger partial charge in [-0.15, -0.1) is 0 Å². The van der Waals surface area contributed by atoms with E-state index in [4.69, 9.17) is 0 Å². The molecule has 0 aliphatic heterocycles. The molecule has 0 amide bonds. The molecule has 0 aromatic carbocycles. The van der Waals surface area contributed by atoms with Gasteiger partial charge in [-0.3, -0.25) is 0 Å². The highest BCUT2D eigenvalue weighted by molar-refractivity contribution is 5.33. The van der Waals surface area contributed by atoms with Gasteiger partial charge in [0.05, 0.1) is 0 Å². The summed E-state index contributed by atoms with van der Waals surface area (Å²) in [5, 5.41) is 0. The Balaban J connectivity index is 1.49. The Morgan fingerprint density at radius 2 is 1.79 bits per heavy atom. The smallest absolute Gasteiger partial charge is 0.000929 e. The number of allylic oxidation sites excluding steroid dienone is 3. The van der Waals surface area contributed by atoms with Crippen LogP contribution in [0.5, 0.6) is 0 Å². The molecule has 0 bridgehead atoms. The van der Waals surface area contributed by atoms with Crippen LogP contribution in [0.1, 0.15) is 78.1 Å². The largest absolute Gasteiger partial charge is 0.0953 e. The van der Waals surface area contributed by atoms with Crippen LogP contribution in [0.2, 0.25) is 0 Å². The van der Waals surface area contributed by atoms with Gasteiger partial charge in [0.1, 0.15) is 0 Å². The standard InChI is InChI=1S/C24H36/c1-16-11-13-23(3)19(15-16)7-9-20-21(23)12-14-24-17(2)5-4-6-18(24)8-10-22(20)24/h4-5,16,18-22H,2,6-15H2,1,3H3/t16-,18?,19?,20?,21?,22?,23?,24?/m1/s1. The highest BCUT2D eigenvalue weighted by atomic mass is 14.7. The van der Waals surface area contributed by atoms with Gasteiger partial charge >= 0.3 is 0 Å². The normalized spacial score (nSPS) is 56.2. The molecule has 132 valence electrons. The molecule has 1 spiro atoms. The second-order valence-electron chi connectivity index (χ2n) is 10.6. The first-order valence-electron chi connectivity index (χ1n) is 10.9. The fourth-order valence-electron chi connectivity index (χ4n) is 8.78. The van der Waals surface area contributed by atoms with Gasteiger partial charge in [0.15, 0.2) is 0 Å². The molecule has 24 heavy (non-hydrogen) atoms. The van der Waals surface area contributed by atoms with E-state index in [0.717, 1.165) is 35.5 Å². The van der Waals surface area contributed by atoms with Crippen molar-refractivity contribution in [1.29, 1.82) is 0 Å². The SMILES string of the molecule is C=C1C=CCC2CCC3C4CCC5C[C@H](C)CCC5(C)C4CCC123. The molecule has 0 nitrogen and oxygen atoms in total. The van der Waals surface area contributed by atoms with Crippen LogP contribution < -0.4 is 0 Å². The maximum Gasteiger partial charge on any atom is 0.000929 e. The Labute approximate surface area is 149 Å². The van der Waals surface area contributed by atoms with Crippen molar-refractivity contribution in [1.82, 2.24) is 0 Å². The summed E-state index contributed by atoms with van der Waals surface area (Å²) in [7, 11) is 0. The van der Waals surface area contributed by atoms with Gasteiger partial charge in [0, 0.05) is 5.41 Å². The van der Waals surface area contributed by atoms with Gasteiger partial charge in [0.25, 0.3) is 0 Å². The van der Waals surface area contributed by atoms with E-state index in [1.807, 2.05) is 0 Å². The number of fused-ring (bicyclic) bond motifs is 4. The minimum atomic E-state index is 0.515. The van der Waals surface area contributed by atoms with Crippen LogP contribution in [0.25, 0.3) is 0 Å². The summed E-state index contributed by atoms with van der Waals surface area (Å²) < 4.78 is 0. The summed E-state index contributed by atoms with van der Waals surface area (Å²) in [6.45, 7) is 9.80. The number of hydrogen-bond donors (Lipinski definition) is 0. The van der Waals surface area contributed by atoms with E-state index in [-0.39, 0.29) is 0 Å². The van der Waals surface area contributed by atoms with Crippen LogP contribution in [0.3, 0.4) is 0 Å². The van der Waals surface area contributed by atoms with E-state index in [2.05, 4.69) is 32.6 Å². The van der Waals surface area contributed by atoms with Gasteiger partial charge in [-0.05, 0) is 104 Å². The minimum absolute atomic E-state index is 0.515. The predicted octanol–water partition coefficient (Wildman–Crippen LogP) is 6.78. The Kier molecular flexibility index (Phi) is 3.43. The van der Waals surface area contributed by atoms with Crippen molar-refractivity contribution in [3.63, 3.8) is 0 Å². The first-order valence-corrected chi connectivity index (χ1v) is 10.9. The molecule has 0 aromatic heterocycles. The van der Waals surface area contributed by atoms with Gasteiger partial charge in [-0.2, -0.15) is 0 Å². The van der Waals surface area contributed by atoms with Crippen molar-refractivity contribution in [2.45, 2.75) is 78.1 Å². The first-order chi connectivity index (χ1) is 11.6. The average molecular weight is 325 g/mol. The molecule has 0 saturated heterocycles. The molecule has 5 aliphatic carbocycles.